The SMILES string of the molecule is N=C(N)c1ccc(Br)cc1N1Cc2ccccc2C1. The summed E-state index contributed by atoms with van der Waals surface area (Å²) < 4.78 is 1.00. The minimum Gasteiger partial charge on any atom is -0.384 e. The van der Waals surface area contributed by atoms with E-state index in [1.807, 2.05) is 18.2 Å². The molecule has 2 aromatic rings. The molecule has 0 spiro atoms. The highest BCUT2D eigenvalue weighted by Gasteiger charge is 2.21. The lowest BCUT2D eigenvalue weighted by Crippen LogP contribution is -2.21. The Labute approximate surface area is 120 Å². The molecule has 3 N–H and O–H groups in total. The van der Waals surface area contributed by atoms with Crippen LogP contribution in [-0.4, -0.2) is 5.84 Å². The van der Waals surface area contributed by atoms with Crippen LogP contribution in [0.2, 0.25) is 0 Å². The fourth-order valence-electron chi connectivity index (χ4n) is 2.50. The van der Waals surface area contributed by atoms with Crippen molar-refractivity contribution in [3.05, 3.63) is 63.6 Å². The third-order valence-corrected chi connectivity index (χ3v) is 3.92. The van der Waals surface area contributed by atoms with Gasteiger partial charge in [-0.2, -0.15) is 0 Å². The minimum atomic E-state index is 0.110. The number of nitrogens with one attached hydrogen (secondary N) is 1. The Bertz CT molecular complexity index is 627. The summed E-state index contributed by atoms with van der Waals surface area (Å²) in [5, 5.41) is 7.71. The van der Waals surface area contributed by atoms with E-state index in [-0.39, 0.29) is 5.84 Å². The van der Waals surface area contributed by atoms with Gasteiger partial charge in [-0.3, -0.25) is 5.41 Å². The Balaban J connectivity index is 2.01. The maximum Gasteiger partial charge on any atom is 0.124 e. The number of nitrogens with two attached hydrogens (primary N) is 1. The predicted molar refractivity (Wildman–Crippen MR) is 81.5 cm³/mol. The molecule has 4 heteroatoms. The van der Waals surface area contributed by atoms with E-state index in [0.29, 0.717) is 0 Å². The largest absolute Gasteiger partial charge is 0.384 e. The van der Waals surface area contributed by atoms with Crippen LogP contribution < -0.4 is 10.6 Å². The van der Waals surface area contributed by atoms with Crippen molar-refractivity contribution in [2.24, 2.45) is 5.73 Å². The van der Waals surface area contributed by atoms with Crippen LogP contribution in [0.5, 0.6) is 0 Å². The minimum absolute atomic E-state index is 0.110. The Morgan fingerprint density at radius 2 is 1.74 bits per heavy atom. The second-order valence-corrected chi connectivity index (χ2v) is 5.62. The van der Waals surface area contributed by atoms with Gasteiger partial charge in [-0.15, -0.1) is 0 Å². The van der Waals surface area contributed by atoms with Crippen molar-refractivity contribution in [1.29, 1.82) is 5.41 Å². The highest BCUT2D eigenvalue weighted by molar-refractivity contribution is 9.10. The van der Waals surface area contributed by atoms with Gasteiger partial charge in [-0.25, -0.2) is 0 Å². The topological polar surface area (TPSA) is 53.1 Å². The molecule has 0 bridgehead atoms. The van der Waals surface area contributed by atoms with Gasteiger partial charge in [0.25, 0.3) is 0 Å². The molecule has 96 valence electrons. The van der Waals surface area contributed by atoms with Crippen molar-refractivity contribution in [2.75, 3.05) is 4.90 Å². The molecule has 0 unspecified atom stereocenters. The van der Waals surface area contributed by atoms with Gasteiger partial charge in [0.15, 0.2) is 0 Å². The molecule has 0 atom stereocenters. The summed E-state index contributed by atoms with van der Waals surface area (Å²) >= 11 is 3.49. The normalized spacial score (nSPS) is 13.4. The van der Waals surface area contributed by atoms with Gasteiger partial charge in [0.1, 0.15) is 5.84 Å². The average molecular weight is 316 g/mol. The van der Waals surface area contributed by atoms with Crippen LogP contribution >= 0.6 is 15.9 Å². The van der Waals surface area contributed by atoms with Gasteiger partial charge in [0, 0.05) is 28.8 Å². The third-order valence-electron chi connectivity index (χ3n) is 3.43. The molecule has 2 aromatic carbocycles. The number of hydrogen-bond acceptors (Lipinski definition) is 2. The molecule has 3 nitrogen and oxygen atoms in total. The van der Waals surface area contributed by atoms with Crippen molar-refractivity contribution in [1.82, 2.24) is 0 Å². The summed E-state index contributed by atoms with van der Waals surface area (Å²) in [6.45, 7) is 1.74. The fraction of sp³-hybridized carbons (Fsp3) is 0.133. The lowest BCUT2D eigenvalue weighted by molar-refractivity contribution is 0.878. The van der Waals surface area contributed by atoms with Gasteiger partial charge < -0.3 is 10.6 Å². The molecule has 1 aliphatic rings. The number of halogens is 1. The van der Waals surface area contributed by atoms with Crippen LogP contribution in [0.25, 0.3) is 0 Å². The summed E-state index contributed by atoms with van der Waals surface area (Å²) in [6.07, 6.45) is 0. The van der Waals surface area contributed by atoms with E-state index in [4.69, 9.17) is 11.1 Å². The molecular formula is C15H14BrN3. The molecule has 0 saturated heterocycles. The van der Waals surface area contributed by atoms with Crippen LogP contribution in [0.3, 0.4) is 0 Å². The Morgan fingerprint density at radius 3 is 2.32 bits per heavy atom. The third kappa shape index (κ3) is 2.24. The number of hydrogen-bond donors (Lipinski definition) is 2. The quantitative estimate of drug-likeness (QED) is 0.660. The smallest absolute Gasteiger partial charge is 0.124 e. The molecule has 0 aliphatic carbocycles. The summed E-state index contributed by atoms with van der Waals surface area (Å²) in [7, 11) is 0. The van der Waals surface area contributed by atoms with E-state index in [0.717, 1.165) is 28.8 Å². The summed E-state index contributed by atoms with van der Waals surface area (Å²) in [5.41, 5.74) is 10.2. The zero-order valence-electron chi connectivity index (χ0n) is 10.4. The number of amidine groups is 1. The van der Waals surface area contributed by atoms with Gasteiger partial charge in [0.2, 0.25) is 0 Å². The van der Waals surface area contributed by atoms with Crippen LogP contribution in [0.4, 0.5) is 5.69 Å². The van der Waals surface area contributed by atoms with Crippen LogP contribution in [0, 0.1) is 5.41 Å². The number of anilines is 1. The number of fused-ring (bicyclic) bond motifs is 1. The van der Waals surface area contributed by atoms with Crippen LogP contribution in [-0.2, 0) is 13.1 Å². The zero-order valence-corrected chi connectivity index (χ0v) is 11.9. The zero-order chi connectivity index (χ0) is 13.4. The van der Waals surface area contributed by atoms with E-state index >= 15 is 0 Å². The van der Waals surface area contributed by atoms with Crippen molar-refractivity contribution in [3.8, 4) is 0 Å². The molecule has 0 saturated carbocycles. The molecule has 0 amide bonds. The number of nitrogen functional groups attached to an aromatic ring is 1. The van der Waals surface area contributed by atoms with Gasteiger partial charge in [-0.1, -0.05) is 40.2 Å². The maximum atomic E-state index is 7.71. The summed E-state index contributed by atoms with van der Waals surface area (Å²) in [4.78, 5) is 2.26. The van der Waals surface area contributed by atoms with Gasteiger partial charge in [0.05, 0.1) is 0 Å². The summed E-state index contributed by atoms with van der Waals surface area (Å²) in [6, 6.07) is 14.3. The van der Waals surface area contributed by atoms with Crippen molar-refractivity contribution >= 4 is 27.5 Å². The first kappa shape index (κ1) is 12.2. The standard InChI is InChI=1S/C15H14BrN3/c16-12-5-6-13(15(17)18)14(7-12)19-8-10-3-1-2-4-11(10)9-19/h1-7H,8-9H2,(H3,17,18). The van der Waals surface area contributed by atoms with Gasteiger partial charge in [-0.05, 0) is 29.3 Å². The lowest BCUT2D eigenvalue weighted by Gasteiger charge is -2.21. The highest BCUT2D eigenvalue weighted by atomic mass is 79.9. The van der Waals surface area contributed by atoms with Crippen molar-refractivity contribution < 1.29 is 0 Å². The molecule has 1 heterocycles. The van der Waals surface area contributed by atoms with E-state index in [1.54, 1.807) is 0 Å². The van der Waals surface area contributed by atoms with Crippen LogP contribution in [0.1, 0.15) is 16.7 Å². The molecule has 0 fully saturated rings. The van der Waals surface area contributed by atoms with E-state index in [2.05, 4.69) is 45.1 Å². The maximum absolute atomic E-state index is 7.71. The average Bonchev–Trinajstić information content (AvgIpc) is 2.81. The second kappa shape index (κ2) is 4.70. The first-order chi connectivity index (χ1) is 9.15. The lowest BCUT2D eigenvalue weighted by atomic mass is 10.1. The van der Waals surface area contributed by atoms with E-state index in [9.17, 15) is 0 Å². The number of benzene rings is 2. The molecule has 1 aliphatic heterocycles. The Kier molecular flexibility index (Phi) is 3.03. The van der Waals surface area contributed by atoms with E-state index < -0.39 is 0 Å². The highest BCUT2D eigenvalue weighted by Crippen LogP contribution is 2.32. The fourth-order valence-corrected chi connectivity index (χ4v) is 2.85. The van der Waals surface area contributed by atoms with Gasteiger partial charge >= 0.3 is 0 Å². The predicted octanol–water partition coefficient (Wildman–Crippen LogP) is 3.25. The Morgan fingerprint density at radius 1 is 1.11 bits per heavy atom. The first-order valence-corrected chi connectivity index (χ1v) is 6.90. The number of nitrogens with zero attached hydrogens (tertiary/aromatic N) is 1. The van der Waals surface area contributed by atoms with Crippen LogP contribution in [0.15, 0.2) is 46.9 Å². The number of rotatable bonds is 2. The molecule has 19 heavy (non-hydrogen) atoms. The molecule has 0 aromatic heterocycles. The Hall–Kier alpha value is -1.81. The molecule has 3 rings (SSSR count). The first-order valence-electron chi connectivity index (χ1n) is 6.11. The van der Waals surface area contributed by atoms with Crippen molar-refractivity contribution in [2.45, 2.75) is 13.1 Å². The van der Waals surface area contributed by atoms with Crippen molar-refractivity contribution in [3.63, 3.8) is 0 Å². The molecular weight excluding hydrogens is 302 g/mol. The molecule has 0 radical (unpaired) electrons. The summed E-state index contributed by atoms with van der Waals surface area (Å²) in [5.74, 6) is 0.110. The monoisotopic (exact) mass is 315 g/mol. The second-order valence-electron chi connectivity index (χ2n) is 4.70. The van der Waals surface area contributed by atoms with E-state index in [1.165, 1.54) is 11.1 Å².